The van der Waals surface area contributed by atoms with Gasteiger partial charge in [0.05, 0.1) is 6.04 Å². The van der Waals surface area contributed by atoms with E-state index in [1.54, 1.807) is 7.11 Å². The Balaban J connectivity index is 1.79. The summed E-state index contributed by atoms with van der Waals surface area (Å²) >= 11 is 0. The fourth-order valence-corrected chi connectivity index (χ4v) is 3.88. The molecule has 2 aliphatic heterocycles. The molecule has 2 heterocycles. The summed E-state index contributed by atoms with van der Waals surface area (Å²) in [4.78, 5) is 4.67. The van der Waals surface area contributed by atoms with Gasteiger partial charge in [-0.1, -0.05) is 20.8 Å². The highest BCUT2D eigenvalue weighted by Crippen LogP contribution is 2.42. The van der Waals surface area contributed by atoms with Crippen molar-refractivity contribution in [1.82, 2.24) is 5.32 Å². The minimum Gasteiger partial charge on any atom is -0.487 e. The normalized spacial score (nSPS) is 26.1. The average molecular weight is 360 g/mol. The number of nitrogens with one attached hydrogen (secondary N) is 1. The fourth-order valence-electron chi connectivity index (χ4n) is 3.88. The number of aryl methyl sites for hydroxylation is 1. The largest absolute Gasteiger partial charge is 0.487 e. The molecule has 0 unspecified atom stereocenters. The van der Waals surface area contributed by atoms with E-state index in [0.717, 1.165) is 43.7 Å². The van der Waals surface area contributed by atoms with Gasteiger partial charge in [0.25, 0.3) is 0 Å². The van der Waals surface area contributed by atoms with Crippen LogP contribution in [0.3, 0.4) is 0 Å². The lowest BCUT2D eigenvalue weighted by Gasteiger charge is -2.47. The van der Waals surface area contributed by atoms with Crippen LogP contribution in [-0.2, 0) is 11.2 Å². The second-order valence-electron chi connectivity index (χ2n) is 8.69. The zero-order chi connectivity index (χ0) is 18.9. The molecule has 1 saturated heterocycles. The van der Waals surface area contributed by atoms with Crippen molar-refractivity contribution < 1.29 is 9.47 Å². The lowest BCUT2D eigenvalue weighted by atomic mass is 9.72. The third-order valence-corrected chi connectivity index (χ3v) is 6.18. The van der Waals surface area contributed by atoms with Crippen molar-refractivity contribution in [2.45, 2.75) is 64.7 Å². The summed E-state index contributed by atoms with van der Waals surface area (Å²) in [5.41, 5.74) is 8.07. The lowest BCUT2D eigenvalue weighted by Crippen LogP contribution is -2.55. The third kappa shape index (κ3) is 3.60. The van der Waals surface area contributed by atoms with E-state index < -0.39 is 0 Å². The number of aliphatic imine (C=N–C) groups is 1. The predicted molar refractivity (Wildman–Crippen MR) is 106 cm³/mol. The highest BCUT2D eigenvalue weighted by molar-refractivity contribution is 5.98. The number of methoxy groups -OCH3 is 1. The van der Waals surface area contributed by atoms with Crippen LogP contribution in [0.2, 0.25) is 0 Å². The monoisotopic (exact) mass is 359 g/mol. The Morgan fingerprint density at radius 2 is 2.04 bits per heavy atom. The van der Waals surface area contributed by atoms with Crippen LogP contribution in [0.4, 0.5) is 0 Å². The summed E-state index contributed by atoms with van der Waals surface area (Å²) in [6.07, 6.45) is 2.98. The van der Waals surface area contributed by atoms with Crippen molar-refractivity contribution in [1.29, 1.82) is 0 Å². The van der Waals surface area contributed by atoms with Gasteiger partial charge < -0.3 is 20.5 Å². The molecule has 0 aromatic heterocycles. The third-order valence-electron chi connectivity index (χ3n) is 6.18. The SMILES string of the molecule is CO[C@@](C)([C@H]1CCc2cc(C(N)=N[C@H]3CCNC3)ccc2O1)C(C)(C)C. The van der Waals surface area contributed by atoms with Crippen LogP contribution >= 0.6 is 0 Å². The second kappa shape index (κ2) is 7.20. The van der Waals surface area contributed by atoms with Gasteiger partial charge in [0, 0.05) is 19.2 Å². The Bertz CT molecular complexity index is 674. The Kier molecular flexibility index (Phi) is 5.31. The van der Waals surface area contributed by atoms with E-state index in [2.05, 4.69) is 44.1 Å². The average Bonchev–Trinajstić information content (AvgIpc) is 3.12. The van der Waals surface area contributed by atoms with Crippen molar-refractivity contribution in [3.63, 3.8) is 0 Å². The molecule has 3 rings (SSSR count). The first-order chi connectivity index (χ1) is 12.2. The van der Waals surface area contributed by atoms with Crippen LogP contribution in [0.25, 0.3) is 0 Å². The van der Waals surface area contributed by atoms with E-state index in [4.69, 9.17) is 15.2 Å². The molecular weight excluding hydrogens is 326 g/mol. The van der Waals surface area contributed by atoms with Crippen molar-refractivity contribution in [3.05, 3.63) is 29.3 Å². The second-order valence-corrected chi connectivity index (χ2v) is 8.69. The Labute approximate surface area is 157 Å². The van der Waals surface area contributed by atoms with Gasteiger partial charge in [-0.2, -0.15) is 0 Å². The van der Waals surface area contributed by atoms with Crippen molar-refractivity contribution in [2.24, 2.45) is 16.1 Å². The maximum Gasteiger partial charge on any atom is 0.128 e. The zero-order valence-corrected chi connectivity index (χ0v) is 16.8. The topological polar surface area (TPSA) is 68.9 Å². The maximum atomic E-state index is 6.37. The molecule has 144 valence electrons. The first-order valence-electron chi connectivity index (χ1n) is 9.63. The molecule has 2 aliphatic rings. The molecular formula is C21H33N3O2. The minimum atomic E-state index is -0.348. The molecule has 0 radical (unpaired) electrons. The van der Waals surface area contributed by atoms with Crippen LogP contribution in [-0.4, -0.2) is 43.8 Å². The van der Waals surface area contributed by atoms with Crippen molar-refractivity contribution in [3.8, 4) is 5.75 Å². The summed E-state index contributed by atoms with van der Waals surface area (Å²) < 4.78 is 12.3. The molecule has 3 atom stereocenters. The number of ether oxygens (including phenoxy) is 2. The molecule has 1 fully saturated rings. The summed E-state index contributed by atoms with van der Waals surface area (Å²) in [5, 5.41) is 3.32. The molecule has 0 spiro atoms. The molecule has 0 saturated carbocycles. The van der Waals surface area contributed by atoms with E-state index in [0.29, 0.717) is 11.9 Å². The summed E-state index contributed by atoms with van der Waals surface area (Å²) in [6, 6.07) is 6.48. The highest BCUT2D eigenvalue weighted by atomic mass is 16.5. The number of benzene rings is 1. The molecule has 0 bridgehead atoms. The number of rotatable bonds is 4. The van der Waals surface area contributed by atoms with Crippen LogP contribution < -0.4 is 15.8 Å². The Hall–Kier alpha value is -1.59. The van der Waals surface area contributed by atoms with E-state index >= 15 is 0 Å². The van der Waals surface area contributed by atoms with E-state index in [1.165, 1.54) is 5.56 Å². The highest BCUT2D eigenvalue weighted by Gasteiger charge is 2.47. The molecule has 1 aromatic rings. The number of nitrogens with zero attached hydrogens (tertiary/aromatic N) is 1. The zero-order valence-electron chi connectivity index (χ0n) is 16.8. The summed E-state index contributed by atoms with van der Waals surface area (Å²) in [5.74, 6) is 1.56. The van der Waals surface area contributed by atoms with Crippen molar-refractivity contribution >= 4 is 5.84 Å². The quantitative estimate of drug-likeness (QED) is 0.641. The van der Waals surface area contributed by atoms with Gasteiger partial charge in [-0.25, -0.2) is 0 Å². The number of fused-ring (bicyclic) bond motifs is 1. The first kappa shape index (κ1) is 19.2. The van der Waals surface area contributed by atoms with Crippen LogP contribution in [0.5, 0.6) is 5.75 Å². The molecule has 0 amide bonds. The molecule has 5 heteroatoms. The molecule has 26 heavy (non-hydrogen) atoms. The predicted octanol–water partition coefficient (Wildman–Crippen LogP) is 2.90. The Morgan fingerprint density at radius 1 is 1.27 bits per heavy atom. The molecule has 0 aliphatic carbocycles. The van der Waals surface area contributed by atoms with Gasteiger partial charge >= 0.3 is 0 Å². The smallest absolute Gasteiger partial charge is 0.128 e. The van der Waals surface area contributed by atoms with Gasteiger partial charge in [-0.3, -0.25) is 4.99 Å². The molecule has 1 aromatic carbocycles. The van der Waals surface area contributed by atoms with Gasteiger partial charge in [0.2, 0.25) is 0 Å². The van der Waals surface area contributed by atoms with Crippen LogP contribution in [0.15, 0.2) is 23.2 Å². The summed E-state index contributed by atoms with van der Waals surface area (Å²) in [7, 11) is 1.78. The number of nitrogens with two attached hydrogens (primary N) is 1. The van der Waals surface area contributed by atoms with Crippen molar-refractivity contribution in [2.75, 3.05) is 20.2 Å². The summed E-state index contributed by atoms with van der Waals surface area (Å²) in [6.45, 7) is 10.7. The Morgan fingerprint density at radius 3 is 2.65 bits per heavy atom. The minimum absolute atomic E-state index is 0.0176. The van der Waals surface area contributed by atoms with Gasteiger partial charge in [0.15, 0.2) is 0 Å². The van der Waals surface area contributed by atoms with Crippen LogP contribution in [0, 0.1) is 5.41 Å². The molecule has 5 nitrogen and oxygen atoms in total. The van der Waals surface area contributed by atoms with E-state index in [-0.39, 0.29) is 17.1 Å². The van der Waals surface area contributed by atoms with Gasteiger partial charge in [-0.05, 0) is 61.9 Å². The maximum absolute atomic E-state index is 6.37. The lowest BCUT2D eigenvalue weighted by molar-refractivity contribution is -0.147. The number of amidine groups is 1. The fraction of sp³-hybridized carbons (Fsp3) is 0.667. The van der Waals surface area contributed by atoms with Gasteiger partial charge in [-0.15, -0.1) is 0 Å². The standard InChI is InChI=1S/C21H33N3O2/c1-20(2,3)21(4,25-5)18-9-7-14-12-15(6-8-17(14)26-18)19(22)24-16-10-11-23-13-16/h6,8,12,16,18,23H,7,9-11,13H2,1-5H3,(H2,22,24)/t16-,18+,21-/m0/s1. The first-order valence-corrected chi connectivity index (χ1v) is 9.63. The van der Waals surface area contributed by atoms with Gasteiger partial charge in [0.1, 0.15) is 23.3 Å². The van der Waals surface area contributed by atoms with Crippen LogP contribution in [0.1, 0.15) is 51.7 Å². The van der Waals surface area contributed by atoms with E-state index in [1.807, 2.05) is 12.1 Å². The molecule has 3 N–H and O–H groups in total. The number of hydrogen-bond acceptors (Lipinski definition) is 4. The number of hydrogen-bond donors (Lipinski definition) is 2. The van der Waals surface area contributed by atoms with E-state index in [9.17, 15) is 0 Å².